The highest BCUT2D eigenvalue weighted by atomic mass is 15.2. The van der Waals surface area contributed by atoms with Crippen LogP contribution in [0.3, 0.4) is 0 Å². The zero-order valence-electron chi connectivity index (χ0n) is 28.0. The highest BCUT2D eigenvalue weighted by Gasteiger charge is 2.26. The van der Waals surface area contributed by atoms with Crippen LogP contribution >= 0.6 is 0 Å². The monoisotopic (exact) mass is 592 g/mol. The Balaban J connectivity index is 1.51. The zero-order valence-corrected chi connectivity index (χ0v) is 28.0. The SMILES string of the molecule is CC(C)CCC(C)Nc1ccc(Cc2nc(Cc3ccc(Nc4ccccc4)cc3)nc(NC(C)(C)CC(C)(C)C)n2)cc1. The molecule has 4 aromatic rings. The summed E-state index contributed by atoms with van der Waals surface area (Å²) < 4.78 is 0. The van der Waals surface area contributed by atoms with Gasteiger partial charge in [-0.15, -0.1) is 0 Å². The molecule has 0 saturated carbocycles. The van der Waals surface area contributed by atoms with Crippen LogP contribution in [0.5, 0.6) is 0 Å². The van der Waals surface area contributed by atoms with Gasteiger partial charge in [0.05, 0.1) is 0 Å². The second kappa shape index (κ2) is 14.7. The lowest BCUT2D eigenvalue weighted by Gasteiger charge is -2.33. The second-order valence-electron chi connectivity index (χ2n) is 14.5. The first-order valence-electron chi connectivity index (χ1n) is 16.1. The normalized spacial score (nSPS) is 12.7. The molecule has 1 aromatic heterocycles. The van der Waals surface area contributed by atoms with Crippen molar-refractivity contribution in [3.05, 3.63) is 102 Å². The molecule has 234 valence electrons. The van der Waals surface area contributed by atoms with Crippen molar-refractivity contribution < 1.29 is 0 Å². The molecule has 1 unspecified atom stereocenters. The molecule has 1 heterocycles. The molecule has 0 radical (unpaired) electrons. The van der Waals surface area contributed by atoms with E-state index in [0.29, 0.717) is 24.8 Å². The van der Waals surface area contributed by atoms with Crippen LogP contribution < -0.4 is 16.0 Å². The van der Waals surface area contributed by atoms with Gasteiger partial charge >= 0.3 is 0 Å². The minimum absolute atomic E-state index is 0.168. The van der Waals surface area contributed by atoms with Crippen molar-refractivity contribution in [1.29, 1.82) is 0 Å². The average molecular weight is 593 g/mol. The van der Waals surface area contributed by atoms with Gasteiger partial charge in [0.25, 0.3) is 0 Å². The van der Waals surface area contributed by atoms with Gasteiger partial charge in [-0.3, -0.25) is 0 Å². The molecule has 44 heavy (non-hydrogen) atoms. The number of rotatable bonds is 14. The number of anilines is 4. The highest BCUT2D eigenvalue weighted by Crippen LogP contribution is 2.29. The maximum atomic E-state index is 4.94. The lowest BCUT2D eigenvalue weighted by Crippen LogP contribution is -2.36. The van der Waals surface area contributed by atoms with Gasteiger partial charge in [0.15, 0.2) is 0 Å². The van der Waals surface area contributed by atoms with Gasteiger partial charge in [0.1, 0.15) is 11.6 Å². The minimum Gasteiger partial charge on any atom is -0.383 e. The molecule has 1 atom stereocenters. The number of aromatic nitrogens is 3. The van der Waals surface area contributed by atoms with Crippen molar-refractivity contribution in [2.45, 2.75) is 99.1 Å². The maximum absolute atomic E-state index is 4.94. The Bertz CT molecular complexity index is 1440. The standard InChI is InChI=1S/C38H52N6/c1-27(2)14-15-28(3)39-32-20-16-29(17-21-32)24-34-41-35(43-36(42-34)44-38(7,8)26-37(4,5)6)25-30-18-22-33(23-19-30)40-31-12-10-9-11-13-31/h9-13,16-23,27-28,39-40H,14-15,24-26H2,1-8H3,(H,41,42,43,44). The fourth-order valence-electron chi connectivity index (χ4n) is 5.77. The molecule has 3 aromatic carbocycles. The van der Waals surface area contributed by atoms with Crippen molar-refractivity contribution in [2.75, 3.05) is 16.0 Å². The van der Waals surface area contributed by atoms with E-state index in [1.165, 1.54) is 18.4 Å². The predicted octanol–water partition coefficient (Wildman–Crippen LogP) is 9.66. The Morgan fingerprint density at radius 1 is 0.614 bits per heavy atom. The Hall–Kier alpha value is -3.93. The van der Waals surface area contributed by atoms with Crippen molar-refractivity contribution in [1.82, 2.24) is 15.0 Å². The van der Waals surface area contributed by atoms with E-state index in [0.717, 1.165) is 46.6 Å². The van der Waals surface area contributed by atoms with Gasteiger partial charge in [0, 0.05) is 41.5 Å². The summed E-state index contributed by atoms with van der Waals surface area (Å²) in [5.74, 6) is 2.91. The summed E-state index contributed by atoms with van der Waals surface area (Å²) in [7, 11) is 0. The number of nitrogens with zero attached hydrogens (tertiary/aromatic N) is 3. The van der Waals surface area contributed by atoms with E-state index < -0.39 is 0 Å². The number of benzene rings is 3. The third-order valence-corrected chi connectivity index (χ3v) is 7.44. The first-order valence-corrected chi connectivity index (χ1v) is 16.1. The summed E-state index contributed by atoms with van der Waals surface area (Å²) in [5.41, 5.74) is 5.61. The van der Waals surface area contributed by atoms with Crippen molar-refractivity contribution in [3.8, 4) is 0 Å². The van der Waals surface area contributed by atoms with E-state index in [1.54, 1.807) is 0 Å². The molecular weight excluding hydrogens is 540 g/mol. The summed E-state index contributed by atoms with van der Waals surface area (Å²) in [4.78, 5) is 14.7. The quantitative estimate of drug-likeness (QED) is 0.135. The molecule has 0 aliphatic rings. The Morgan fingerprint density at radius 2 is 1.14 bits per heavy atom. The Labute approximate surface area is 265 Å². The van der Waals surface area contributed by atoms with Crippen LogP contribution in [0.1, 0.15) is 97.4 Å². The van der Waals surface area contributed by atoms with Crippen LogP contribution in [-0.4, -0.2) is 26.5 Å². The first-order chi connectivity index (χ1) is 20.8. The first kappa shape index (κ1) is 33.0. The van der Waals surface area contributed by atoms with Crippen LogP contribution in [0.4, 0.5) is 23.0 Å². The highest BCUT2D eigenvalue weighted by molar-refractivity contribution is 5.59. The van der Waals surface area contributed by atoms with Crippen LogP contribution in [0.25, 0.3) is 0 Å². The summed E-state index contributed by atoms with van der Waals surface area (Å²) in [6.07, 6.45) is 4.65. The Kier molecular flexibility index (Phi) is 11.0. The van der Waals surface area contributed by atoms with Gasteiger partial charge in [-0.05, 0) is 98.9 Å². The van der Waals surface area contributed by atoms with E-state index in [2.05, 4.69) is 132 Å². The number of hydrogen-bond acceptors (Lipinski definition) is 6. The predicted molar refractivity (Wildman–Crippen MR) is 187 cm³/mol. The lowest BCUT2D eigenvalue weighted by molar-refractivity contribution is 0.301. The van der Waals surface area contributed by atoms with Crippen LogP contribution in [0, 0.1) is 11.3 Å². The van der Waals surface area contributed by atoms with Crippen molar-refractivity contribution in [3.63, 3.8) is 0 Å². The molecule has 0 aliphatic heterocycles. The summed E-state index contributed by atoms with van der Waals surface area (Å²) in [6.45, 7) is 18.0. The molecular formula is C38H52N6. The second-order valence-corrected chi connectivity index (χ2v) is 14.5. The van der Waals surface area contributed by atoms with E-state index >= 15 is 0 Å². The maximum Gasteiger partial charge on any atom is 0.226 e. The summed E-state index contributed by atoms with van der Waals surface area (Å²) >= 11 is 0. The molecule has 0 amide bonds. The third kappa shape index (κ3) is 11.3. The van der Waals surface area contributed by atoms with E-state index in [9.17, 15) is 0 Å². The molecule has 0 fully saturated rings. The minimum atomic E-state index is -0.168. The van der Waals surface area contributed by atoms with Gasteiger partial charge in [-0.2, -0.15) is 9.97 Å². The molecule has 3 N–H and O–H groups in total. The average Bonchev–Trinajstić information content (AvgIpc) is 2.93. The molecule has 4 rings (SSSR count). The summed E-state index contributed by atoms with van der Waals surface area (Å²) in [6, 6.07) is 27.8. The largest absolute Gasteiger partial charge is 0.383 e. The molecule has 0 bridgehead atoms. The number of nitrogens with one attached hydrogen (secondary N) is 3. The lowest BCUT2D eigenvalue weighted by atomic mass is 9.82. The fraction of sp³-hybridized carbons (Fsp3) is 0.447. The van der Waals surface area contributed by atoms with Crippen molar-refractivity contribution in [2.24, 2.45) is 11.3 Å². The van der Waals surface area contributed by atoms with Gasteiger partial charge < -0.3 is 16.0 Å². The topological polar surface area (TPSA) is 74.8 Å². The van der Waals surface area contributed by atoms with E-state index in [-0.39, 0.29) is 11.0 Å². The molecule has 0 spiro atoms. The van der Waals surface area contributed by atoms with Gasteiger partial charge in [-0.25, -0.2) is 4.98 Å². The summed E-state index contributed by atoms with van der Waals surface area (Å²) in [5, 5.41) is 10.7. The third-order valence-electron chi connectivity index (χ3n) is 7.44. The molecule has 6 heteroatoms. The molecule has 6 nitrogen and oxygen atoms in total. The van der Waals surface area contributed by atoms with Crippen LogP contribution in [-0.2, 0) is 12.8 Å². The number of para-hydroxylation sites is 1. The smallest absolute Gasteiger partial charge is 0.226 e. The van der Waals surface area contributed by atoms with Crippen LogP contribution in [0.15, 0.2) is 78.9 Å². The molecule has 0 saturated heterocycles. The zero-order chi connectivity index (χ0) is 31.7. The van der Waals surface area contributed by atoms with Crippen molar-refractivity contribution >= 4 is 23.0 Å². The van der Waals surface area contributed by atoms with E-state index in [1.807, 2.05) is 18.2 Å². The van der Waals surface area contributed by atoms with Gasteiger partial charge in [0.2, 0.25) is 5.95 Å². The van der Waals surface area contributed by atoms with Crippen LogP contribution in [0.2, 0.25) is 0 Å². The van der Waals surface area contributed by atoms with E-state index in [4.69, 9.17) is 15.0 Å². The number of hydrogen-bond donors (Lipinski definition) is 3. The fourth-order valence-corrected chi connectivity index (χ4v) is 5.77. The Morgan fingerprint density at radius 3 is 1.66 bits per heavy atom. The molecule has 0 aliphatic carbocycles. The van der Waals surface area contributed by atoms with Gasteiger partial charge in [-0.1, -0.05) is 77.1 Å².